The minimum Gasteiger partial charge on any atom is -0.394 e. The smallest absolute Gasteiger partial charge is 0.0614 e. The molecule has 0 aromatic carbocycles. The van der Waals surface area contributed by atoms with Crippen LogP contribution in [0.4, 0.5) is 0 Å². The fourth-order valence-corrected chi connectivity index (χ4v) is 2.85. The average molecular weight is 243 g/mol. The van der Waals surface area contributed by atoms with Gasteiger partial charge in [0, 0.05) is 25.4 Å². The Morgan fingerprint density at radius 3 is 2.71 bits per heavy atom. The molecule has 2 atom stereocenters. The van der Waals surface area contributed by atoms with Crippen molar-refractivity contribution in [1.82, 2.24) is 5.32 Å². The van der Waals surface area contributed by atoms with Gasteiger partial charge >= 0.3 is 0 Å². The quantitative estimate of drug-likeness (QED) is 0.754. The lowest BCUT2D eigenvalue weighted by atomic mass is 9.99. The van der Waals surface area contributed by atoms with E-state index >= 15 is 0 Å². The molecule has 2 rings (SSSR count). The van der Waals surface area contributed by atoms with E-state index in [2.05, 4.69) is 5.32 Å². The van der Waals surface area contributed by atoms with Crippen molar-refractivity contribution >= 4 is 0 Å². The first-order chi connectivity index (χ1) is 8.28. The standard InChI is InChI=1S/C13H25NO3/c1-14-13(10-15)5-2-12(8-13)17-9-11-3-6-16-7-4-11/h11-12,14-15H,2-10H2,1H3. The summed E-state index contributed by atoms with van der Waals surface area (Å²) in [6, 6.07) is 0. The Morgan fingerprint density at radius 1 is 1.35 bits per heavy atom. The van der Waals surface area contributed by atoms with E-state index in [-0.39, 0.29) is 12.1 Å². The van der Waals surface area contributed by atoms with Crippen LogP contribution in [0.5, 0.6) is 0 Å². The van der Waals surface area contributed by atoms with Crippen molar-refractivity contribution in [2.75, 3.05) is 33.5 Å². The van der Waals surface area contributed by atoms with E-state index in [9.17, 15) is 5.11 Å². The van der Waals surface area contributed by atoms with E-state index in [0.29, 0.717) is 12.0 Å². The molecule has 2 unspecified atom stereocenters. The molecule has 2 fully saturated rings. The van der Waals surface area contributed by atoms with Crippen LogP contribution in [0.2, 0.25) is 0 Å². The third kappa shape index (κ3) is 3.41. The van der Waals surface area contributed by atoms with Gasteiger partial charge in [0.1, 0.15) is 0 Å². The van der Waals surface area contributed by atoms with Crippen LogP contribution in [-0.4, -0.2) is 50.2 Å². The summed E-state index contributed by atoms with van der Waals surface area (Å²) in [6.45, 7) is 2.84. The summed E-state index contributed by atoms with van der Waals surface area (Å²) < 4.78 is 11.3. The predicted molar refractivity (Wildman–Crippen MR) is 66.0 cm³/mol. The van der Waals surface area contributed by atoms with Gasteiger partial charge in [0.05, 0.1) is 12.7 Å². The van der Waals surface area contributed by atoms with Gasteiger partial charge in [0.15, 0.2) is 0 Å². The fourth-order valence-electron chi connectivity index (χ4n) is 2.85. The Labute approximate surface area is 104 Å². The van der Waals surface area contributed by atoms with Gasteiger partial charge in [0.2, 0.25) is 0 Å². The van der Waals surface area contributed by atoms with Gasteiger partial charge in [-0.1, -0.05) is 0 Å². The minimum absolute atomic E-state index is 0.0969. The van der Waals surface area contributed by atoms with Gasteiger partial charge in [-0.05, 0) is 45.1 Å². The highest BCUT2D eigenvalue weighted by molar-refractivity contribution is 4.95. The zero-order valence-corrected chi connectivity index (χ0v) is 10.8. The highest BCUT2D eigenvalue weighted by atomic mass is 16.5. The second-order valence-electron chi connectivity index (χ2n) is 5.44. The van der Waals surface area contributed by atoms with Crippen molar-refractivity contribution in [3.8, 4) is 0 Å². The number of hydrogen-bond donors (Lipinski definition) is 2. The summed E-state index contributed by atoms with van der Waals surface area (Å²) >= 11 is 0. The van der Waals surface area contributed by atoms with E-state index in [1.54, 1.807) is 0 Å². The molecular weight excluding hydrogens is 218 g/mol. The van der Waals surface area contributed by atoms with Crippen LogP contribution in [0.3, 0.4) is 0 Å². The number of hydrogen-bond acceptors (Lipinski definition) is 4. The molecule has 0 aromatic heterocycles. The van der Waals surface area contributed by atoms with E-state index in [1.807, 2.05) is 7.05 Å². The minimum atomic E-state index is -0.0969. The monoisotopic (exact) mass is 243 g/mol. The molecule has 1 saturated heterocycles. The third-order valence-electron chi connectivity index (χ3n) is 4.30. The van der Waals surface area contributed by atoms with Crippen LogP contribution in [0.25, 0.3) is 0 Å². The molecule has 1 aliphatic heterocycles. The highest BCUT2D eigenvalue weighted by Gasteiger charge is 2.38. The maximum Gasteiger partial charge on any atom is 0.0614 e. The number of likely N-dealkylation sites (N-methyl/N-ethyl adjacent to an activating group) is 1. The van der Waals surface area contributed by atoms with Crippen molar-refractivity contribution in [3.63, 3.8) is 0 Å². The van der Waals surface area contributed by atoms with Gasteiger partial charge in [-0.25, -0.2) is 0 Å². The van der Waals surface area contributed by atoms with E-state index in [4.69, 9.17) is 9.47 Å². The summed E-state index contributed by atoms with van der Waals surface area (Å²) in [7, 11) is 1.93. The first kappa shape index (κ1) is 13.3. The summed E-state index contributed by atoms with van der Waals surface area (Å²) in [5.41, 5.74) is -0.0969. The molecule has 100 valence electrons. The molecule has 4 heteroatoms. The first-order valence-corrected chi connectivity index (χ1v) is 6.77. The molecule has 2 N–H and O–H groups in total. The average Bonchev–Trinajstić information content (AvgIpc) is 2.82. The van der Waals surface area contributed by atoms with Crippen LogP contribution >= 0.6 is 0 Å². The van der Waals surface area contributed by atoms with Gasteiger partial charge in [0.25, 0.3) is 0 Å². The van der Waals surface area contributed by atoms with E-state index < -0.39 is 0 Å². The maximum absolute atomic E-state index is 9.42. The Morgan fingerprint density at radius 2 is 2.12 bits per heavy atom. The summed E-state index contributed by atoms with van der Waals surface area (Å²) in [6.07, 6.45) is 5.58. The maximum atomic E-state index is 9.42. The molecule has 0 aromatic rings. The number of aliphatic hydroxyl groups is 1. The fraction of sp³-hybridized carbons (Fsp3) is 1.00. The lowest BCUT2D eigenvalue weighted by molar-refractivity contribution is -0.0119. The molecule has 0 radical (unpaired) electrons. The summed E-state index contributed by atoms with van der Waals surface area (Å²) in [4.78, 5) is 0. The Kier molecular flexibility index (Phi) is 4.79. The summed E-state index contributed by atoms with van der Waals surface area (Å²) in [5.74, 6) is 0.669. The van der Waals surface area contributed by atoms with Gasteiger partial charge in [-0.3, -0.25) is 0 Å². The van der Waals surface area contributed by atoms with Crippen LogP contribution in [-0.2, 0) is 9.47 Å². The lowest BCUT2D eigenvalue weighted by Gasteiger charge is -2.27. The zero-order valence-electron chi connectivity index (χ0n) is 10.8. The van der Waals surface area contributed by atoms with Crippen LogP contribution < -0.4 is 5.32 Å². The van der Waals surface area contributed by atoms with Gasteiger partial charge in [-0.2, -0.15) is 0 Å². The van der Waals surface area contributed by atoms with Gasteiger partial charge in [-0.15, -0.1) is 0 Å². The molecule has 0 spiro atoms. The zero-order chi connectivity index (χ0) is 12.1. The highest BCUT2D eigenvalue weighted by Crippen LogP contribution is 2.32. The lowest BCUT2D eigenvalue weighted by Crippen LogP contribution is -2.44. The van der Waals surface area contributed by atoms with Crippen molar-refractivity contribution in [3.05, 3.63) is 0 Å². The molecule has 1 saturated carbocycles. The van der Waals surface area contributed by atoms with Crippen molar-refractivity contribution in [2.24, 2.45) is 5.92 Å². The molecule has 17 heavy (non-hydrogen) atoms. The second-order valence-corrected chi connectivity index (χ2v) is 5.44. The summed E-state index contributed by atoms with van der Waals surface area (Å²) in [5, 5.41) is 12.7. The topological polar surface area (TPSA) is 50.7 Å². The number of aliphatic hydroxyl groups excluding tert-OH is 1. The van der Waals surface area contributed by atoms with Crippen molar-refractivity contribution in [2.45, 2.75) is 43.7 Å². The molecule has 0 amide bonds. The molecular formula is C13H25NO3. The van der Waals surface area contributed by atoms with Crippen molar-refractivity contribution < 1.29 is 14.6 Å². The second kappa shape index (κ2) is 6.14. The van der Waals surface area contributed by atoms with Crippen LogP contribution in [0.15, 0.2) is 0 Å². The Balaban J connectivity index is 1.70. The van der Waals surface area contributed by atoms with E-state index in [1.165, 1.54) is 0 Å². The predicted octanol–water partition coefficient (Wildman–Crippen LogP) is 0.933. The van der Waals surface area contributed by atoms with Crippen molar-refractivity contribution in [1.29, 1.82) is 0 Å². The Bertz CT molecular complexity index is 225. The largest absolute Gasteiger partial charge is 0.394 e. The first-order valence-electron chi connectivity index (χ1n) is 6.77. The molecule has 0 bridgehead atoms. The van der Waals surface area contributed by atoms with E-state index in [0.717, 1.165) is 51.9 Å². The molecule has 1 aliphatic carbocycles. The molecule has 2 aliphatic rings. The third-order valence-corrected chi connectivity index (χ3v) is 4.30. The molecule has 4 nitrogen and oxygen atoms in total. The number of rotatable bonds is 5. The molecule has 1 heterocycles. The normalized spacial score (nSPS) is 35.3. The Hall–Kier alpha value is -0.160. The number of ether oxygens (including phenoxy) is 2. The van der Waals surface area contributed by atoms with Crippen LogP contribution in [0.1, 0.15) is 32.1 Å². The number of nitrogens with one attached hydrogen (secondary N) is 1. The SMILES string of the molecule is CNC1(CO)CCC(OCC2CCOCC2)C1. The van der Waals surface area contributed by atoms with Gasteiger partial charge < -0.3 is 19.9 Å². The van der Waals surface area contributed by atoms with Crippen LogP contribution in [0, 0.1) is 5.92 Å².